The third-order valence-corrected chi connectivity index (χ3v) is 11.4. The van der Waals surface area contributed by atoms with E-state index in [0.717, 1.165) is 50.5 Å². The van der Waals surface area contributed by atoms with Crippen LogP contribution in [0.5, 0.6) is 5.75 Å². The van der Waals surface area contributed by atoms with Gasteiger partial charge in [-0.25, -0.2) is 0 Å². The Labute approximate surface area is 276 Å². The minimum atomic E-state index is -7.87. The molecule has 0 saturated heterocycles. The van der Waals surface area contributed by atoms with Crippen LogP contribution < -0.4 is 0 Å². The van der Waals surface area contributed by atoms with Crippen LogP contribution in [0.3, 0.4) is 0 Å². The zero-order valence-corrected chi connectivity index (χ0v) is 27.1. The van der Waals surface area contributed by atoms with Crippen molar-refractivity contribution < 1.29 is 67.3 Å². The number of halogens is 13. The lowest BCUT2D eigenvalue weighted by Gasteiger charge is -2.54. The summed E-state index contributed by atoms with van der Waals surface area (Å²) < 4.78 is 173. The second-order valence-corrected chi connectivity index (χ2v) is 14.5. The van der Waals surface area contributed by atoms with E-state index in [4.69, 9.17) is 0 Å². The number of phenolic OH excluding ortho intramolecular Hbond substituents is 1. The van der Waals surface area contributed by atoms with Crippen LogP contribution >= 0.6 is 0 Å². The molecule has 2 saturated carbocycles. The zero-order valence-electron chi connectivity index (χ0n) is 27.1. The summed E-state index contributed by atoms with van der Waals surface area (Å²) >= 11 is 0. The van der Waals surface area contributed by atoms with E-state index in [2.05, 4.69) is 6.92 Å². The average molecular weight is 732 g/mol. The van der Waals surface area contributed by atoms with E-state index in [-0.39, 0.29) is 29.5 Å². The van der Waals surface area contributed by atoms with E-state index in [0.29, 0.717) is 24.7 Å². The van der Waals surface area contributed by atoms with Crippen LogP contribution in [0.25, 0.3) is 0 Å². The molecule has 3 aliphatic carbocycles. The number of hydrogen-bond acceptors (Lipinski definition) is 3. The second kappa shape index (κ2) is 13.5. The Morgan fingerprint density at radius 2 is 1.39 bits per heavy atom. The monoisotopic (exact) mass is 731 g/mol. The molecule has 2 fully saturated rings. The molecule has 0 spiro atoms. The standard InChI is InChI=1S/C33H42F13NO2/c1-27-18-20(26-22-11-9-21(48)17-19(22)8-10-23(26)24(27)12-13-25(27)49)7-4-3-5-15-47(2)16-6-14-28(34,35)29(36,37)30(38,39)31(40,41)32(42,43)33(44,45)46/h9,11,17,20,23-26,48-49H,3-8,10,12-16,18H2,1-2H3/t20-,23?,24?,25?,26?,27?/m0/s1. The summed E-state index contributed by atoms with van der Waals surface area (Å²) in [7, 11) is 1.41. The molecule has 282 valence electrons. The van der Waals surface area contributed by atoms with Crippen LogP contribution in [-0.4, -0.2) is 77.1 Å². The Hall–Kier alpha value is -1.97. The molecule has 5 unspecified atom stereocenters. The smallest absolute Gasteiger partial charge is 0.460 e. The largest absolute Gasteiger partial charge is 0.508 e. The first-order chi connectivity index (χ1) is 22.3. The molecule has 3 nitrogen and oxygen atoms in total. The van der Waals surface area contributed by atoms with Crippen LogP contribution in [0.1, 0.15) is 88.2 Å². The molecule has 1 aromatic carbocycles. The van der Waals surface area contributed by atoms with Crippen LogP contribution in [-0.2, 0) is 6.42 Å². The molecular weight excluding hydrogens is 689 g/mol. The van der Waals surface area contributed by atoms with Crippen LogP contribution in [0.15, 0.2) is 18.2 Å². The summed E-state index contributed by atoms with van der Waals surface area (Å²) in [6.45, 7) is 2.01. The lowest BCUT2D eigenvalue weighted by Crippen LogP contribution is -2.70. The molecule has 0 aliphatic heterocycles. The van der Waals surface area contributed by atoms with Gasteiger partial charge in [0.2, 0.25) is 0 Å². The fraction of sp³-hybridized carbons (Fsp3) is 0.818. The quantitative estimate of drug-likeness (QED) is 0.148. The maximum Gasteiger partial charge on any atom is 0.460 e. The van der Waals surface area contributed by atoms with Gasteiger partial charge in [0.15, 0.2) is 0 Å². The fourth-order valence-corrected chi connectivity index (χ4v) is 8.74. The third-order valence-electron chi connectivity index (χ3n) is 11.4. The summed E-state index contributed by atoms with van der Waals surface area (Å²) in [5.41, 5.74) is 2.13. The SMILES string of the molecule is CN(CCCCC[C@H]1CC2(C)C(O)CCC2C2CCc3cc(O)ccc3C21)CCCC(F)(F)C(F)(F)C(F)(F)C(F)(F)C(F)(F)C(F)(F)F. The number of rotatable bonds is 14. The highest BCUT2D eigenvalue weighted by atomic mass is 19.4. The molecule has 0 radical (unpaired) electrons. The number of aromatic hydroxyl groups is 1. The number of aliphatic hydroxyl groups excluding tert-OH is 1. The summed E-state index contributed by atoms with van der Waals surface area (Å²) in [6.07, 6.45) is -3.84. The number of aliphatic hydroxyl groups is 1. The van der Waals surface area contributed by atoms with Gasteiger partial charge in [0.05, 0.1) is 6.10 Å². The first-order valence-corrected chi connectivity index (χ1v) is 16.5. The van der Waals surface area contributed by atoms with Crippen LogP contribution in [0.2, 0.25) is 0 Å². The number of fused-ring (bicyclic) bond motifs is 5. The number of phenols is 1. The number of nitrogens with zero attached hydrogens (tertiary/aromatic N) is 1. The van der Waals surface area contributed by atoms with Crippen molar-refractivity contribution in [2.24, 2.45) is 23.2 Å². The van der Waals surface area contributed by atoms with E-state index < -0.39 is 61.3 Å². The Morgan fingerprint density at radius 3 is 2.02 bits per heavy atom. The first-order valence-electron chi connectivity index (χ1n) is 16.5. The fourth-order valence-electron chi connectivity index (χ4n) is 8.74. The summed E-state index contributed by atoms with van der Waals surface area (Å²) in [4.78, 5) is 1.40. The summed E-state index contributed by atoms with van der Waals surface area (Å²) in [6, 6.07) is 5.48. The molecule has 2 N–H and O–H groups in total. The van der Waals surface area contributed by atoms with E-state index >= 15 is 0 Å². The maximum absolute atomic E-state index is 14.1. The molecule has 0 aromatic heterocycles. The van der Waals surface area contributed by atoms with E-state index in [1.165, 1.54) is 17.5 Å². The second-order valence-electron chi connectivity index (χ2n) is 14.5. The summed E-state index contributed by atoms with van der Waals surface area (Å²) in [5.74, 6) is -35.1. The normalized spacial score (nSPS) is 28.4. The highest BCUT2D eigenvalue weighted by molar-refractivity contribution is 5.40. The number of unbranched alkanes of at least 4 members (excludes halogenated alkanes) is 2. The van der Waals surface area contributed by atoms with Crippen LogP contribution in [0, 0.1) is 23.2 Å². The van der Waals surface area contributed by atoms with Gasteiger partial charge >= 0.3 is 35.8 Å². The van der Waals surface area contributed by atoms with E-state index in [9.17, 15) is 67.3 Å². The minimum Gasteiger partial charge on any atom is -0.508 e. The van der Waals surface area contributed by atoms with Gasteiger partial charge in [-0.3, -0.25) is 0 Å². The predicted octanol–water partition coefficient (Wildman–Crippen LogP) is 9.85. The van der Waals surface area contributed by atoms with Gasteiger partial charge < -0.3 is 15.1 Å². The number of hydrogen-bond donors (Lipinski definition) is 2. The molecule has 4 rings (SSSR count). The van der Waals surface area contributed by atoms with Crippen molar-refractivity contribution in [1.82, 2.24) is 4.90 Å². The van der Waals surface area contributed by atoms with E-state index in [1.807, 2.05) is 6.07 Å². The van der Waals surface area contributed by atoms with Gasteiger partial charge in [-0.2, -0.15) is 57.1 Å². The summed E-state index contributed by atoms with van der Waals surface area (Å²) in [5, 5.41) is 21.0. The van der Waals surface area contributed by atoms with Crippen molar-refractivity contribution >= 4 is 0 Å². The molecule has 0 bridgehead atoms. The number of alkyl halides is 13. The molecule has 49 heavy (non-hydrogen) atoms. The zero-order chi connectivity index (χ0) is 37.0. The topological polar surface area (TPSA) is 43.7 Å². The van der Waals surface area contributed by atoms with Crippen molar-refractivity contribution in [3.63, 3.8) is 0 Å². The Morgan fingerprint density at radius 1 is 0.776 bits per heavy atom. The average Bonchev–Trinajstić information content (AvgIpc) is 3.28. The van der Waals surface area contributed by atoms with Crippen molar-refractivity contribution in [3.05, 3.63) is 29.3 Å². The Bertz CT molecular complexity index is 1300. The van der Waals surface area contributed by atoms with E-state index in [1.54, 1.807) is 12.1 Å². The van der Waals surface area contributed by atoms with Crippen molar-refractivity contribution in [2.75, 3.05) is 20.1 Å². The van der Waals surface area contributed by atoms with Gasteiger partial charge in [0, 0.05) is 6.42 Å². The molecule has 16 heteroatoms. The van der Waals surface area contributed by atoms with Gasteiger partial charge in [-0.05, 0) is 124 Å². The number of benzene rings is 1. The molecule has 3 aliphatic rings. The van der Waals surface area contributed by atoms with Gasteiger partial charge in [0.1, 0.15) is 5.75 Å². The molecule has 6 atom stereocenters. The van der Waals surface area contributed by atoms with Gasteiger partial charge in [0.25, 0.3) is 0 Å². The van der Waals surface area contributed by atoms with Gasteiger partial charge in [-0.1, -0.05) is 25.8 Å². The molecule has 1 aromatic rings. The number of aryl methyl sites for hydroxylation is 1. The lowest BCUT2D eigenvalue weighted by molar-refractivity contribution is -0.440. The third kappa shape index (κ3) is 6.86. The Kier molecular flexibility index (Phi) is 11.0. The van der Waals surface area contributed by atoms with Crippen molar-refractivity contribution in [2.45, 2.75) is 125 Å². The maximum atomic E-state index is 14.1. The van der Waals surface area contributed by atoms with Crippen molar-refractivity contribution in [1.29, 1.82) is 0 Å². The molecule has 0 heterocycles. The first kappa shape index (κ1) is 39.8. The highest BCUT2D eigenvalue weighted by Crippen LogP contribution is 2.64. The Balaban J connectivity index is 1.29. The lowest BCUT2D eigenvalue weighted by atomic mass is 9.51. The molecular formula is C33H42F13NO2. The minimum absolute atomic E-state index is 0.206. The predicted molar refractivity (Wildman–Crippen MR) is 154 cm³/mol. The highest BCUT2D eigenvalue weighted by Gasteiger charge is 2.90. The van der Waals surface area contributed by atoms with Crippen molar-refractivity contribution in [3.8, 4) is 5.75 Å². The van der Waals surface area contributed by atoms with Gasteiger partial charge in [-0.15, -0.1) is 0 Å². The molecule has 0 amide bonds. The van der Waals surface area contributed by atoms with Crippen LogP contribution in [0.4, 0.5) is 57.1 Å².